The van der Waals surface area contributed by atoms with E-state index in [-0.39, 0.29) is 0 Å². The molecule has 0 fully saturated rings. The molecule has 0 saturated carbocycles. The van der Waals surface area contributed by atoms with Crippen LogP contribution in [0, 0.1) is 0 Å². The van der Waals surface area contributed by atoms with Gasteiger partial charge >= 0.3 is 0 Å². The Hall–Kier alpha value is -11.6. The fraction of sp³-hybridized carbons (Fsp3) is 0. The van der Waals surface area contributed by atoms with E-state index in [1.54, 1.807) is 0 Å². The lowest BCUT2D eigenvalue weighted by atomic mass is 9.95. The van der Waals surface area contributed by atoms with Crippen molar-refractivity contribution in [1.82, 2.24) is 9.13 Å². The molecule has 0 aliphatic heterocycles. The fourth-order valence-electron chi connectivity index (χ4n) is 15.3. The van der Waals surface area contributed by atoms with E-state index < -0.39 is 8.07 Å². The molecule has 2 heterocycles. The first-order valence-corrected chi connectivity index (χ1v) is 33.5. The zero-order valence-electron chi connectivity index (χ0n) is 49.9. The smallest absolute Gasteiger partial charge is 0.179 e. The Morgan fingerprint density at radius 2 is 0.418 bits per heavy atom. The van der Waals surface area contributed by atoms with E-state index in [1.165, 1.54) is 152 Å². The summed E-state index contributed by atoms with van der Waals surface area (Å²) in [6.07, 6.45) is 0. The van der Waals surface area contributed by atoms with E-state index in [1.807, 2.05) is 0 Å². The first kappa shape index (κ1) is 52.5. The molecule has 0 saturated heterocycles. The van der Waals surface area contributed by atoms with Crippen LogP contribution in [0.15, 0.2) is 352 Å². The highest BCUT2D eigenvalue weighted by Crippen LogP contribution is 2.42. The molecule has 0 radical (unpaired) electrons. The van der Waals surface area contributed by atoms with E-state index in [4.69, 9.17) is 0 Å². The second-order valence-electron chi connectivity index (χ2n) is 24.3. The van der Waals surface area contributed by atoms with Gasteiger partial charge in [-0.05, 0) is 181 Å². The third-order valence-electron chi connectivity index (χ3n) is 19.5. The summed E-state index contributed by atoms with van der Waals surface area (Å²) in [4.78, 5) is 0. The quantitative estimate of drug-likeness (QED) is 0.0954. The van der Waals surface area contributed by atoms with Gasteiger partial charge in [0.1, 0.15) is 0 Å². The molecule has 0 atom stereocenters. The molecule has 18 rings (SSSR count). The summed E-state index contributed by atoms with van der Waals surface area (Å²) < 4.78 is 4.97. The van der Waals surface area contributed by atoms with Crippen molar-refractivity contribution >= 4 is 116 Å². The van der Waals surface area contributed by atoms with E-state index in [0.717, 1.165) is 11.4 Å². The van der Waals surface area contributed by atoms with E-state index in [0.29, 0.717) is 0 Å². The molecule has 424 valence electrons. The highest BCUT2D eigenvalue weighted by molar-refractivity contribution is 7.19. The maximum atomic E-state index is 2.49. The van der Waals surface area contributed by atoms with Crippen molar-refractivity contribution in [3.05, 3.63) is 352 Å². The summed E-state index contributed by atoms with van der Waals surface area (Å²) in [5.41, 5.74) is 16.7. The SMILES string of the molecule is c1ccc([Si](c2ccccc2)(c2ccc(-n3c4ccc(-c5cccc6ccccc56)cc4c4cc(-c5cccc6ccccc56)ccc43)cc2)c2ccc(-n3c4ccc(-c5cccc6ccccc56)cc4c4cc(-c5cccc6ccccc56)ccc43)cc2)cc1. The van der Waals surface area contributed by atoms with Crippen LogP contribution < -0.4 is 20.7 Å². The Morgan fingerprint density at radius 1 is 0.176 bits per heavy atom. The fourth-order valence-corrected chi connectivity index (χ4v) is 20.0. The van der Waals surface area contributed by atoms with Gasteiger partial charge in [0, 0.05) is 32.9 Å². The number of hydrogen-bond donors (Lipinski definition) is 0. The first-order valence-electron chi connectivity index (χ1n) is 31.5. The van der Waals surface area contributed by atoms with Gasteiger partial charge in [-0.2, -0.15) is 0 Å². The molecule has 0 aliphatic carbocycles. The van der Waals surface area contributed by atoms with Crippen LogP contribution in [0.1, 0.15) is 0 Å². The second-order valence-corrected chi connectivity index (χ2v) is 28.1. The van der Waals surface area contributed by atoms with Crippen molar-refractivity contribution < 1.29 is 0 Å². The molecule has 2 aromatic heterocycles. The Morgan fingerprint density at radius 3 is 0.703 bits per heavy atom. The molecule has 0 spiro atoms. The molecule has 0 bridgehead atoms. The molecule has 0 aliphatic rings. The lowest BCUT2D eigenvalue weighted by molar-refractivity contribution is 1.18. The van der Waals surface area contributed by atoms with Crippen molar-refractivity contribution in [1.29, 1.82) is 0 Å². The standard InChI is InChI=1S/C88H58N2Si/c1-3-27-69(28-4-1)91(70-29-5-2-6-30-70,71-47-43-67(44-48-71)89-85-51-39-63(77-35-15-23-59-19-7-11-31-73(59)77)55-81(85)82-56-64(40-52-86(82)89)78-36-16-24-60-20-8-12-32-74(60)78)72-49-45-68(46-50-72)90-87-53-41-65(79-37-17-25-61-21-9-13-33-75(61)79)57-83(87)84-58-66(42-54-88(84)90)80-38-18-26-62-22-10-14-34-76(62)80/h1-58H. The van der Waals surface area contributed by atoms with Gasteiger partial charge in [0.25, 0.3) is 0 Å². The Labute approximate surface area is 529 Å². The summed E-state index contributed by atoms with van der Waals surface area (Å²) in [6.45, 7) is 0. The van der Waals surface area contributed by atoms with Gasteiger partial charge in [-0.25, -0.2) is 0 Å². The number of aromatic nitrogens is 2. The van der Waals surface area contributed by atoms with Crippen molar-refractivity contribution in [3.8, 4) is 55.9 Å². The molecule has 0 amide bonds. The molecule has 2 nitrogen and oxygen atoms in total. The topological polar surface area (TPSA) is 9.86 Å². The normalized spacial score (nSPS) is 12.0. The van der Waals surface area contributed by atoms with Crippen molar-refractivity contribution in [2.45, 2.75) is 0 Å². The van der Waals surface area contributed by atoms with Gasteiger partial charge in [0.15, 0.2) is 8.07 Å². The van der Waals surface area contributed by atoms with Crippen molar-refractivity contribution in [2.75, 3.05) is 0 Å². The van der Waals surface area contributed by atoms with Crippen LogP contribution >= 0.6 is 0 Å². The number of benzene rings is 16. The predicted octanol–water partition coefficient (Wildman–Crippen LogP) is 20.5. The minimum absolute atomic E-state index is 1.12. The van der Waals surface area contributed by atoms with Gasteiger partial charge < -0.3 is 9.13 Å². The maximum Gasteiger partial charge on any atom is 0.179 e. The van der Waals surface area contributed by atoms with Gasteiger partial charge in [-0.1, -0.05) is 279 Å². The van der Waals surface area contributed by atoms with Crippen molar-refractivity contribution in [3.63, 3.8) is 0 Å². The van der Waals surface area contributed by atoms with Crippen LogP contribution in [-0.2, 0) is 0 Å². The molecular formula is C88H58N2Si. The third-order valence-corrected chi connectivity index (χ3v) is 24.3. The maximum absolute atomic E-state index is 3.02. The molecule has 0 N–H and O–H groups in total. The van der Waals surface area contributed by atoms with Crippen LogP contribution in [-0.4, -0.2) is 17.2 Å². The lowest BCUT2D eigenvalue weighted by Crippen LogP contribution is -2.74. The largest absolute Gasteiger partial charge is 0.309 e. The minimum Gasteiger partial charge on any atom is -0.309 e. The van der Waals surface area contributed by atoms with Crippen molar-refractivity contribution in [2.24, 2.45) is 0 Å². The van der Waals surface area contributed by atoms with Crippen LogP contribution in [0.25, 0.3) is 143 Å². The first-order chi connectivity index (χ1) is 45.1. The summed E-state index contributed by atoms with van der Waals surface area (Å²) in [5.74, 6) is 0. The third kappa shape index (κ3) is 8.47. The zero-order valence-corrected chi connectivity index (χ0v) is 50.9. The predicted molar refractivity (Wildman–Crippen MR) is 391 cm³/mol. The van der Waals surface area contributed by atoms with E-state index in [9.17, 15) is 0 Å². The molecule has 16 aromatic carbocycles. The summed E-state index contributed by atoms with van der Waals surface area (Å²) in [5, 5.41) is 20.2. The molecule has 3 heteroatoms. The molecule has 91 heavy (non-hydrogen) atoms. The molecule has 0 unspecified atom stereocenters. The average Bonchev–Trinajstić information content (AvgIpc) is 1.76. The van der Waals surface area contributed by atoms with Crippen LogP contribution in [0.4, 0.5) is 0 Å². The Kier molecular flexibility index (Phi) is 12.3. The summed E-state index contributed by atoms with van der Waals surface area (Å²) >= 11 is 0. The van der Waals surface area contributed by atoms with E-state index >= 15 is 0 Å². The van der Waals surface area contributed by atoms with Gasteiger partial charge in [-0.15, -0.1) is 0 Å². The monoisotopic (exact) mass is 1170 g/mol. The van der Waals surface area contributed by atoms with Gasteiger partial charge in [0.05, 0.1) is 22.1 Å². The van der Waals surface area contributed by atoms with Gasteiger partial charge in [-0.3, -0.25) is 0 Å². The lowest BCUT2D eigenvalue weighted by Gasteiger charge is -2.34. The highest BCUT2D eigenvalue weighted by atomic mass is 28.3. The number of fused-ring (bicyclic) bond motifs is 10. The zero-order chi connectivity index (χ0) is 60.0. The Balaban J connectivity index is 0.804. The number of nitrogens with zero attached hydrogens (tertiary/aromatic N) is 2. The van der Waals surface area contributed by atoms with Crippen LogP contribution in [0.5, 0.6) is 0 Å². The Bertz CT molecular complexity index is 5220. The molecule has 18 aromatic rings. The average molecular weight is 1170 g/mol. The summed E-state index contributed by atoms with van der Waals surface area (Å²) in [6, 6.07) is 132. The van der Waals surface area contributed by atoms with Crippen LogP contribution in [0.3, 0.4) is 0 Å². The minimum atomic E-state index is -3.02. The van der Waals surface area contributed by atoms with Gasteiger partial charge in [0.2, 0.25) is 0 Å². The highest BCUT2D eigenvalue weighted by Gasteiger charge is 2.41. The second kappa shape index (κ2) is 21.3. The van der Waals surface area contributed by atoms with E-state index in [2.05, 4.69) is 361 Å². The summed E-state index contributed by atoms with van der Waals surface area (Å²) in [7, 11) is -3.02. The molecular weight excluding hydrogens is 1110 g/mol. The van der Waals surface area contributed by atoms with Crippen LogP contribution in [0.2, 0.25) is 0 Å². The number of rotatable bonds is 10. The number of hydrogen-bond acceptors (Lipinski definition) is 0.